The van der Waals surface area contributed by atoms with Crippen molar-refractivity contribution in [2.24, 2.45) is 0 Å². The van der Waals surface area contributed by atoms with E-state index in [1.807, 2.05) is 12.1 Å². The Kier molecular flexibility index (Phi) is 5.13. The van der Waals surface area contributed by atoms with E-state index in [9.17, 15) is 29.4 Å². The summed E-state index contributed by atoms with van der Waals surface area (Å²) in [6.45, 7) is 1.41. The molecule has 0 spiro atoms. The van der Waals surface area contributed by atoms with Crippen molar-refractivity contribution in [3.05, 3.63) is 105 Å². The quantitative estimate of drug-likeness (QED) is 0.622. The van der Waals surface area contributed by atoms with Crippen LogP contribution < -0.4 is 0 Å². The maximum Gasteiger partial charge on any atom is 0.336 e. The highest BCUT2D eigenvalue weighted by molar-refractivity contribution is 6.05. The third-order valence-electron chi connectivity index (χ3n) is 6.32. The van der Waals surface area contributed by atoms with Crippen LogP contribution in [0.3, 0.4) is 0 Å². The van der Waals surface area contributed by atoms with Crippen LogP contribution in [0.15, 0.2) is 60.7 Å². The second kappa shape index (κ2) is 8.15. The Bertz CT molecular complexity index is 1240. The molecule has 0 unspecified atom stereocenters. The van der Waals surface area contributed by atoms with Crippen LogP contribution >= 0.6 is 0 Å². The van der Waals surface area contributed by atoms with Crippen LogP contribution in [0.1, 0.15) is 63.7 Å². The first-order chi connectivity index (χ1) is 16.3. The number of carbonyl (C=O) groups excluding carboxylic acids is 2. The minimum Gasteiger partial charge on any atom is -0.478 e. The van der Waals surface area contributed by atoms with Gasteiger partial charge >= 0.3 is 11.9 Å². The van der Waals surface area contributed by atoms with Gasteiger partial charge in [0.1, 0.15) is 0 Å². The van der Waals surface area contributed by atoms with Crippen molar-refractivity contribution in [2.75, 3.05) is 0 Å². The predicted octanol–water partition coefficient (Wildman–Crippen LogP) is 3.40. The molecule has 0 saturated carbocycles. The van der Waals surface area contributed by atoms with E-state index in [1.165, 1.54) is 24.3 Å². The monoisotopic (exact) mass is 456 g/mol. The third-order valence-corrected chi connectivity index (χ3v) is 6.32. The number of benzene rings is 3. The highest BCUT2D eigenvalue weighted by Crippen LogP contribution is 2.33. The third kappa shape index (κ3) is 3.59. The number of hydrogen-bond acceptors (Lipinski definition) is 4. The topological polar surface area (TPSA) is 115 Å². The molecule has 3 aromatic rings. The number of carbonyl (C=O) groups is 4. The zero-order chi connectivity index (χ0) is 24.0. The number of hydrogen-bond donors (Lipinski definition) is 2. The van der Waals surface area contributed by atoms with Crippen molar-refractivity contribution >= 4 is 23.8 Å². The number of carboxylic acids is 2. The molecule has 2 N–H and O–H groups in total. The Morgan fingerprint density at radius 2 is 0.824 bits per heavy atom. The zero-order valence-corrected chi connectivity index (χ0v) is 18.0. The molecule has 0 atom stereocenters. The smallest absolute Gasteiger partial charge is 0.336 e. The van der Waals surface area contributed by atoms with Gasteiger partial charge in [-0.1, -0.05) is 36.4 Å². The van der Waals surface area contributed by atoms with Gasteiger partial charge in [0.25, 0.3) is 11.8 Å². The van der Waals surface area contributed by atoms with Crippen LogP contribution in [-0.2, 0) is 26.2 Å². The van der Waals surface area contributed by atoms with E-state index in [0.29, 0.717) is 26.2 Å². The molecule has 0 bridgehead atoms. The minimum atomic E-state index is -1.14. The van der Waals surface area contributed by atoms with Gasteiger partial charge in [-0.05, 0) is 46.5 Å². The molecule has 8 nitrogen and oxygen atoms in total. The highest BCUT2D eigenvalue weighted by Gasteiger charge is 2.32. The summed E-state index contributed by atoms with van der Waals surface area (Å²) >= 11 is 0. The van der Waals surface area contributed by atoms with Crippen molar-refractivity contribution in [1.29, 1.82) is 0 Å². The largest absolute Gasteiger partial charge is 0.478 e. The molecule has 0 saturated heterocycles. The fraction of sp³-hybridized carbons (Fsp3) is 0.154. The Morgan fingerprint density at radius 3 is 1.12 bits per heavy atom. The fourth-order valence-corrected chi connectivity index (χ4v) is 4.65. The summed E-state index contributed by atoms with van der Waals surface area (Å²) in [5.74, 6) is -2.96. The van der Waals surface area contributed by atoms with Crippen molar-refractivity contribution in [1.82, 2.24) is 9.80 Å². The molecule has 3 aromatic carbocycles. The molecule has 0 aromatic heterocycles. The summed E-state index contributed by atoms with van der Waals surface area (Å²) in [5.41, 5.74) is 4.09. The van der Waals surface area contributed by atoms with E-state index in [4.69, 9.17) is 0 Å². The van der Waals surface area contributed by atoms with E-state index < -0.39 is 11.9 Å². The Balaban J connectivity index is 1.35. The number of amides is 2. The summed E-state index contributed by atoms with van der Waals surface area (Å²) in [5, 5.41) is 18.8. The molecule has 170 valence electrons. The standard InChI is InChI=1S/C26H20N2O6/c29-23(19-5-1-3-7-21(19)25(31)32)27-11-15-9-17-13-28(14-18(17)10-16(15)12-27)24(30)20-6-2-4-8-22(20)26(33)34/h1-10H,11-14H2,(H,31,32)(H,33,34). The first kappa shape index (κ1) is 21.4. The molecule has 5 rings (SSSR count). The molecule has 0 fully saturated rings. The van der Waals surface area contributed by atoms with Crippen LogP contribution in [0.4, 0.5) is 0 Å². The Labute approximate surface area is 194 Å². The molecule has 2 amide bonds. The molecular weight excluding hydrogens is 436 g/mol. The van der Waals surface area contributed by atoms with Crippen LogP contribution in [-0.4, -0.2) is 43.8 Å². The SMILES string of the molecule is O=C(O)c1ccccc1C(=O)N1Cc2cc3c(cc2C1)CN(C(=O)c1ccccc1C(=O)O)C3. The van der Waals surface area contributed by atoms with Crippen LogP contribution in [0.5, 0.6) is 0 Å². The lowest BCUT2D eigenvalue weighted by Gasteiger charge is -2.17. The normalized spacial score (nSPS) is 14.0. The van der Waals surface area contributed by atoms with E-state index in [-0.39, 0.29) is 34.1 Å². The first-order valence-corrected chi connectivity index (χ1v) is 10.7. The number of rotatable bonds is 4. The van der Waals surface area contributed by atoms with Crippen LogP contribution in [0.25, 0.3) is 0 Å². The lowest BCUT2D eigenvalue weighted by molar-refractivity contribution is 0.0671. The second-order valence-corrected chi connectivity index (χ2v) is 8.41. The van der Waals surface area contributed by atoms with Gasteiger partial charge in [0.05, 0.1) is 22.3 Å². The van der Waals surface area contributed by atoms with E-state index in [2.05, 4.69) is 0 Å². The highest BCUT2D eigenvalue weighted by atomic mass is 16.4. The van der Waals surface area contributed by atoms with Gasteiger partial charge in [-0.2, -0.15) is 0 Å². The van der Waals surface area contributed by atoms with Crippen LogP contribution in [0.2, 0.25) is 0 Å². The first-order valence-electron chi connectivity index (χ1n) is 10.7. The predicted molar refractivity (Wildman–Crippen MR) is 120 cm³/mol. The molecule has 0 aliphatic carbocycles. The average Bonchev–Trinajstić information content (AvgIpc) is 3.44. The Hall–Kier alpha value is -4.46. The zero-order valence-electron chi connectivity index (χ0n) is 18.0. The molecule has 2 aliphatic heterocycles. The number of nitrogens with zero attached hydrogens (tertiary/aromatic N) is 2. The summed E-state index contributed by atoms with van der Waals surface area (Å²) in [6.07, 6.45) is 0. The van der Waals surface area contributed by atoms with Crippen molar-refractivity contribution < 1.29 is 29.4 Å². The lowest BCUT2D eigenvalue weighted by Crippen LogP contribution is -2.27. The minimum absolute atomic E-state index is 0.0262. The summed E-state index contributed by atoms with van der Waals surface area (Å²) in [4.78, 5) is 52.3. The van der Waals surface area contributed by atoms with Crippen molar-refractivity contribution in [2.45, 2.75) is 26.2 Å². The number of fused-ring (bicyclic) bond motifs is 2. The average molecular weight is 456 g/mol. The van der Waals surface area contributed by atoms with Gasteiger partial charge in [0.2, 0.25) is 0 Å². The van der Waals surface area contributed by atoms with Crippen LogP contribution in [0, 0.1) is 0 Å². The van der Waals surface area contributed by atoms with E-state index in [0.717, 1.165) is 22.3 Å². The summed E-state index contributed by atoms with van der Waals surface area (Å²) < 4.78 is 0. The molecule has 34 heavy (non-hydrogen) atoms. The van der Waals surface area contributed by atoms with Gasteiger partial charge < -0.3 is 20.0 Å². The van der Waals surface area contributed by atoms with E-state index >= 15 is 0 Å². The van der Waals surface area contributed by atoms with Gasteiger partial charge in [-0.3, -0.25) is 9.59 Å². The molecule has 2 aliphatic rings. The van der Waals surface area contributed by atoms with Crippen molar-refractivity contribution in [3.63, 3.8) is 0 Å². The fourth-order valence-electron chi connectivity index (χ4n) is 4.65. The molecular formula is C26H20N2O6. The van der Waals surface area contributed by atoms with E-state index in [1.54, 1.807) is 34.1 Å². The molecule has 0 radical (unpaired) electrons. The molecule has 2 heterocycles. The summed E-state index contributed by atoms with van der Waals surface area (Å²) in [6, 6.07) is 16.3. The van der Waals surface area contributed by atoms with Gasteiger partial charge in [-0.25, -0.2) is 9.59 Å². The molecule has 8 heteroatoms. The Morgan fingerprint density at radius 1 is 0.529 bits per heavy atom. The maximum atomic E-state index is 13.0. The second-order valence-electron chi connectivity index (χ2n) is 8.41. The number of carboxylic acid groups (broad SMARTS) is 2. The number of aromatic carboxylic acids is 2. The van der Waals surface area contributed by atoms with Crippen molar-refractivity contribution in [3.8, 4) is 0 Å². The van der Waals surface area contributed by atoms with Gasteiger partial charge in [-0.15, -0.1) is 0 Å². The maximum absolute atomic E-state index is 13.0. The van der Waals surface area contributed by atoms with Gasteiger partial charge in [0.15, 0.2) is 0 Å². The summed E-state index contributed by atoms with van der Waals surface area (Å²) in [7, 11) is 0. The van der Waals surface area contributed by atoms with Gasteiger partial charge in [0, 0.05) is 26.2 Å². The lowest BCUT2D eigenvalue weighted by atomic mass is 10.0.